The fourth-order valence-electron chi connectivity index (χ4n) is 1.34. The zero-order valence-corrected chi connectivity index (χ0v) is 12.3. The summed E-state index contributed by atoms with van der Waals surface area (Å²) in [7, 11) is 3.11. The van der Waals surface area contributed by atoms with Crippen LogP contribution in [0, 0.1) is 0 Å². The van der Waals surface area contributed by atoms with Gasteiger partial charge in [-0.3, -0.25) is 4.79 Å². The lowest BCUT2D eigenvalue weighted by molar-refractivity contribution is -0.136. The largest absolute Gasteiger partial charge is 0.390 e. The molecule has 0 aliphatic heterocycles. The van der Waals surface area contributed by atoms with E-state index in [0.29, 0.717) is 11.7 Å². The minimum Gasteiger partial charge on any atom is -0.382 e. The summed E-state index contributed by atoms with van der Waals surface area (Å²) in [5, 5.41) is 0.567. The third kappa shape index (κ3) is 4.26. The topological polar surface area (TPSA) is 62.5 Å². The van der Waals surface area contributed by atoms with E-state index in [1.54, 1.807) is 11.9 Å². The van der Waals surface area contributed by atoms with Crippen LogP contribution in [0.5, 0.6) is 0 Å². The maximum Gasteiger partial charge on any atom is 0.390 e. The van der Waals surface area contributed by atoms with Gasteiger partial charge in [0.1, 0.15) is 10.7 Å². The molecule has 9 heteroatoms. The molecule has 1 aromatic rings. The van der Waals surface area contributed by atoms with Crippen molar-refractivity contribution in [1.82, 2.24) is 9.88 Å². The zero-order chi connectivity index (χ0) is 15.5. The van der Waals surface area contributed by atoms with Gasteiger partial charge in [0.25, 0.3) is 5.91 Å². The van der Waals surface area contributed by atoms with Gasteiger partial charge in [0.2, 0.25) is 0 Å². The lowest BCUT2D eigenvalue weighted by atomic mass is 10.3. The summed E-state index contributed by atoms with van der Waals surface area (Å²) < 4.78 is 36.4. The van der Waals surface area contributed by atoms with Gasteiger partial charge in [0.05, 0.1) is 6.42 Å². The van der Waals surface area contributed by atoms with Crippen LogP contribution in [0.4, 0.5) is 24.1 Å². The zero-order valence-electron chi connectivity index (χ0n) is 11.5. The maximum absolute atomic E-state index is 12.1. The smallest absolute Gasteiger partial charge is 0.382 e. The Kier molecular flexibility index (Phi) is 5.21. The normalized spacial score (nSPS) is 11.5. The van der Waals surface area contributed by atoms with Crippen LogP contribution in [-0.2, 0) is 0 Å². The van der Waals surface area contributed by atoms with Crippen LogP contribution < -0.4 is 10.6 Å². The van der Waals surface area contributed by atoms with Crippen molar-refractivity contribution < 1.29 is 18.0 Å². The first-order chi connectivity index (χ1) is 9.15. The Hall–Kier alpha value is -1.51. The molecule has 5 nitrogen and oxygen atoms in total. The molecule has 0 aliphatic carbocycles. The van der Waals surface area contributed by atoms with Crippen LogP contribution in [0.25, 0.3) is 0 Å². The predicted molar refractivity (Wildman–Crippen MR) is 73.1 cm³/mol. The van der Waals surface area contributed by atoms with E-state index in [2.05, 4.69) is 4.98 Å². The molecule has 0 saturated heterocycles. The molecule has 1 rings (SSSR count). The lowest BCUT2D eigenvalue weighted by Crippen LogP contribution is -2.30. The molecule has 0 aromatic carbocycles. The Labute approximate surface area is 119 Å². The third-order valence-electron chi connectivity index (χ3n) is 2.71. The first-order valence-corrected chi connectivity index (χ1v) is 6.77. The standard InChI is InChI=1S/C11H17F3N4OS/c1-4-17(2)10-16-8(15)7(20-10)9(19)18(3)6-5-11(12,13)14/h4-6,15H2,1-3H3. The Morgan fingerprint density at radius 1 is 1.40 bits per heavy atom. The Bertz CT molecular complexity index is 475. The number of amides is 1. The minimum atomic E-state index is -4.29. The molecule has 114 valence electrons. The lowest BCUT2D eigenvalue weighted by Gasteiger charge is -2.17. The summed E-state index contributed by atoms with van der Waals surface area (Å²) in [6, 6.07) is 0. The van der Waals surface area contributed by atoms with Gasteiger partial charge in [0.15, 0.2) is 5.13 Å². The van der Waals surface area contributed by atoms with Crippen molar-refractivity contribution in [2.75, 3.05) is 37.8 Å². The molecule has 0 aliphatic rings. The summed E-state index contributed by atoms with van der Waals surface area (Å²) in [5.41, 5.74) is 5.66. The highest BCUT2D eigenvalue weighted by molar-refractivity contribution is 7.18. The number of carbonyl (C=O) groups is 1. The van der Waals surface area contributed by atoms with Gasteiger partial charge < -0.3 is 15.5 Å². The molecule has 0 fully saturated rings. The van der Waals surface area contributed by atoms with Crippen LogP contribution in [0.1, 0.15) is 23.0 Å². The number of rotatable bonds is 5. The molecular weight excluding hydrogens is 293 g/mol. The number of alkyl halides is 3. The van der Waals surface area contributed by atoms with Crippen molar-refractivity contribution in [3.8, 4) is 0 Å². The molecule has 0 saturated carbocycles. The number of anilines is 2. The van der Waals surface area contributed by atoms with Gasteiger partial charge in [-0.1, -0.05) is 11.3 Å². The molecule has 0 radical (unpaired) electrons. The number of nitrogen functional groups attached to an aromatic ring is 1. The molecule has 2 N–H and O–H groups in total. The number of carbonyl (C=O) groups excluding carboxylic acids is 1. The number of thiazole rings is 1. The highest BCUT2D eigenvalue weighted by atomic mass is 32.1. The van der Waals surface area contributed by atoms with Crippen molar-refractivity contribution in [3.63, 3.8) is 0 Å². The van der Waals surface area contributed by atoms with Crippen LogP contribution in [0.2, 0.25) is 0 Å². The average molecular weight is 310 g/mol. The summed E-state index contributed by atoms with van der Waals surface area (Å²) in [5.74, 6) is -0.492. The van der Waals surface area contributed by atoms with E-state index in [1.807, 2.05) is 6.92 Å². The molecular formula is C11H17F3N4OS. The minimum absolute atomic E-state index is 0.0501. The second-order valence-corrected chi connectivity index (χ2v) is 5.29. The van der Waals surface area contributed by atoms with Gasteiger partial charge >= 0.3 is 6.18 Å². The van der Waals surface area contributed by atoms with E-state index in [4.69, 9.17) is 5.73 Å². The number of hydrogen-bond acceptors (Lipinski definition) is 5. The van der Waals surface area contributed by atoms with Crippen molar-refractivity contribution in [1.29, 1.82) is 0 Å². The Morgan fingerprint density at radius 2 is 2.00 bits per heavy atom. The van der Waals surface area contributed by atoms with Crippen molar-refractivity contribution in [2.24, 2.45) is 0 Å². The summed E-state index contributed by atoms with van der Waals surface area (Å²) in [4.78, 5) is 19.1. The van der Waals surface area contributed by atoms with Crippen LogP contribution in [-0.4, -0.2) is 49.2 Å². The van der Waals surface area contributed by atoms with E-state index >= 15 is 0 Å². The molecule has 20 heavy (non-hydrogen) atoms. The van der Waals surface area contributed by atoms with Gasteiger partial charge in [-0.15, -0.1) is 0 Å². The second kappa shape index (κ2) is 6.29. The molecule has 0 bridgehead atoms. The molecule has 1 aromatic heterocycles. The molecule has 1 heterocycles. The molecule has 0 spiro atoms. The third-order valence-corrected chi connectivity index (χ3v) is 3.89. The van der Waals surface area contributed by atoms with Crippen LogP contribution in [0.3, 0.4) is 0 Å². The van der Waals surface area contributed by atoms with Gasteiger partial charge in [-0.25, -0.2) is 4.98 Å². The highest BCUT2D eigenvalue weighted by Gasteiger charge is 2.29. The van der Waals surface area contributed by atoms with E-state index in [0.717, 1.165) is 16.2 Å². The maximum atomic E-state index is 12.1. The van der Waals surface area contributed by atoms with Crippen molar-refractivity contribution >= 4 is 28.2 Å². The molecule has 0 atom stereocenters. The van der Waals surface area contributed by atoms with Crippen molar-refractivity contribution in [2.45, 2.75) is 19.5 Å². The number of halogens is 3. The second-order valence-electron chi connectivity index (χ2n) is 4.32. The van der Waals surface area contributed by atoms with E-state index < -0.39 is 25.0 Å². The first kappa shape index (κ1) is 16.5. The molecule has 1 amide bonds. The Balaban J connectivity index is 2.79. The van der Waals surface area contributed by atoms with Crippen LogP contribution >= 0.6 is 11.3 Å². The van der Waals surface area contributed by atoms with Gasteiger partial charge in [-0.05, 0) is 6.92 Å². The number of hydrogen-bond donors (Lipinski definition) is 1. The summed E-state index contributed by atoms with van der Waals surface area (Å²) in [6.45, 7) is 2.19. The fraction of sp³-hybridized carbons (Fsp3) is 0.636. The van der Waals surface area contributed by atoms with Gasteiger partial charge in [-0.2, -0.15) is 13.2 Å². The Morgan fingerprint density at radius 3 is 2.50 bits per heavy atom. The SMILES string of the molecule is CCN(C)c1nc(N)c(C(=O)N(C)CCC(F)(F)F)s1. The highest BCUT2D eigenvalue weighted by Crippen LogP contribution is 2.28. The van der Waals surface area contributed by atoms with E-state index in [1.165, 1.54) is 7.05 Å². The average Bonchev–Trinajstić information content (AvgIpc) is 2.75. The fourth-order valence-corrected chi connectivity index (χ4v) is 2.35. The number of nitrogens with two attached hydrogens (primary N) is 1. The van der Waals surface area contributed by atoms with Crippen LogP contribution in [0.15, 0.2) is 0 Å². The summed E-state index contributed by atoms with van der Waals surface area (Å²) in [6.07, 6.45) is -5.34. The van der Waals surface area contributed by atoms with E-state index in [9.17, 15) is 18.0 Å². The quantitative estimate of drug-likeness (QED) is 0.905. The van der Waals surface area contributed by atoms with E-state index in [-0.39, 0.29) is 10.7 Å². The first-order valence-electron chi connectivity index (χ1n) is 5.95. The molecule has 0 unspecified atom stereocenters. The number of nitrogens with zero attached hydrogens (tertiary/aromatic N) is 3. The van der Waals surface area contributed by atoms with Crippen molar-refractivity contribution in [3.05, 3.63) is 4.88 Å². The van der Waals surface area contributed by atoms with Gasteiger partial charge in [0, 0.05) is 27.2 Å². The predicted octanol–water partition coefficient (Wildman–Crippen LogP) is 2.21. The number of aromatic nitrogens is 1. The summed E-state index contributed by atoms with van der Waals surface area (Å²) >= 11 is 1.08. The monoisotopic (exact) mass is 310 g/mol.